The summed E-state index contributed by atoms with van der Waals surface area (Å²) >= 11 is 0. The number of carbonyl (C=O) groups is 2. The van der Waals surface area contributed by atoms with Crippen molar-refractivity contribution in [2.45, 2.75) is 49.3 Å². The van der Waals surface area contributed by atoms with Gasteiger partial charge >= 0.3 is 5.97 Å². The summed E-state index contributed by atoms with van der Waals surface area (Å²) in [6.45, 7) is 2.63. The van der Waals surface area contributed by atoms with Gasteiger partial charge in [0.25, 0.3) is 5.91 Å². The highest BCUT2D eigenvalue weighted by atomic mass is 32.2. The number of hydrogen-bond donors (Lipinski definition) is 1. The molecule has 0 bridgehead atoms. The second kappa shape index (κ2) is 10.3. The van der Waals surface area contributed by atoms with Gasteiger partial charge in [0.05, 0.1) is 10.8 Å². The Morgan fingerprint density at radius 1 is 1.03 bits per heavy atom. The fourth-order valence-corrected chi connectivity index (χ4v) is 6.20. The summed E-state index contributed by atoms with van der Waals surface area (Å²) in [5.74, 6) is -1.15. The maximum Gasteiger partial charge on any atom is 0.309 e. The van der Waals surface area contributed by atoms with Crippen LogP contribution in [0.4, 0.5) is 0 Å². The molecular weight excluding hydrogens is 452 g/mol. The number of hydrogen-bond acceptors (Lipinski definition) is 5. The van der Waals surface area contributed by atoms with Crippen LogP contribution in [0, 0.1) is 12.8 Å². The number of ether oxygens (including phenoxy) is 1. The Balaban J connectivity index is 1.22. The molecule has 1 aliphatic heterocycles. The van der Waals surface area contributed by atoms with E-state index in [2.05, 4.69) is 17.4 Å². The van der Waals surface area contributed by atoms with Crippen molar-refractivity contribution in [2.24, 2.45) is 5.92 Å². The topological polar surface area (TPSA) is 92.8 Å². The van der Waals surface area contributed by atoms with Gasteiger partial charge in [-0.1, -0.05) is 54.4 Å². The summed E-state index contributed by atoms with van der Waals surface area (Å²) in [5, 5.41) is 2.93. The molecule has 1 heterocycles. The van der Waals surface area contributed by atoms with Crippen LogP contribution in [0.5, 0.6) is 0 Å². The van der Waals surface area contributed by atoms with Crippen molar-refractivity contribution in [3.63, 3.8) is 0 Å². The third-order valence-electron chi connectivity index (χ3n) is 7.11. The number of piperidine rings is 1. The van der Waals surface area contributed by atoms with Crippen LogP contribution in [0.25, 0.3) is 0 Å². The van der Waals surface area contributed by atoms with E-state index in [1.807, 2.05) is 25.1 Å². The molecule has 1 N–H and O–H groups in total. The molecule has 4 rings (SSSR count). The zero-order valence-corrected chi connectivity index (χ0v) is 20.4. The number of esters is 1. The van der Waals surface area contributed by atoms with E-state index in [1.165, 1.54) is 9.87 Å². The first kappa shape index (κ1) is 24.4. The van der Waals surface area contributed by atoms with Crippen molar-refractivity contribution in [2.75, 3.05) is 26.2 Å². The molecule has 1 saturated carbocycles. The number of rotatable bonds is 8. The van der Waals surface area contributed by atoms with Gasteiger partial charge in [0, 0.05) is 25.0 Å². The van der Waals surface area contributed by atoms with Crippen molar-refractivity contribution in [1.29, 1.82) is 0 Å². The van der Waals surface area contributed by atoms with Gasteiger partial charge in [0.1, 0.15) is 0 Å². The second-order valence-electron chi connectivity index (χ2n) is 9.38. The predicted octanol–water partition coefficient (Wildman–Crippen LogP) is 3.18. The van der Waals surface area contributed by atoms with Crippen molar-refractivity contribution in [3.8, 4) is 0 Å². The van der Waals surface area contributed by atoms with Crippen LogP contribution < -0.4 is 5.32 Å². The van der Waals surface area contributed by atoms with E-state index < -0.39 is 21.9 Å². The molecule has 8 heteroatoms. The number of carbonyl (C=O) groups excluding carboxylic acids is 2. The van der Waals surface area contributed by atoms with Crippen LogP contribution in [0.2, 0.25) is 0 Å². The van der Waals surface area contributed by atoms with Crippen LogP contribution in [0.3, 0.4) is 0 Å². The molecule has 7 nitrogen and oxygen atoms in total. The first-order valence-corrected chi connectivity index (χ1v) is 13.3. The van der Waals surface area contributed by atoms with E-state index in [0.717, 1.165) is 24.8 Å². The predicted molar refractivity (Wildman–Crippen MR) is 129 cm³/mol. The molecule has 34 heavy (non-hydrogen) atoms. The minimum Gasteiger partial charge on any atom is -0.455 e. The first-order chi connectivity index (χ1) is 16.3. The molecule has 0 aromatic heterocycles. The molecule has 1 amide bonds. The average molecular weight is 485 g/mol. The van der Waals surface area contributed by atoms with E-state index in [-0.39, 0.29) is 35.9 Å². The normalized spacial score (nSPS) is 18.6. The Morgan fingerprint density at radius 2 is 1.68 bits per heavy atom. The molecule has 2 aromatic rings. The van der Waals surface area contributed by atoms with Crippen LogP contribution in [0.15, 0.2) is 59.5 Å². The van der Waals surface area contributed by atoms with Crippen molar-refractivity contribution in [3.05, 3.63) is 65.7 Å². The smallest absolute Gasteiger partial charge is 0.309 e. The SMILES string of the molecule is Cc1ccc(S(=O)(=O)N2CCC(C(=O)OCC(=O)NCC3(c4ccccc4)CCC3)CC2)cc1. The maximum absolute atomic E-state index is 12.8. The Morgan fingerprint density at radius 3 is 2.26 bits per heavy atom. The highest BCUT2D eigenvalue weighted by Crippen LogP contribution is 2.43. The Bertz CT molecular complexity index is 1100. The molecule has 0 unspecified atom stereocenters. The molecule has 2 fully saturated rings. The van der Waals surface area contributed by atoms with Gasteiger partial charge in [-0.05, 0) is 50.3 Å². The molecule has 0 atom stereocenters. The summed E-state index contributed by atoms with van der Waals surface area (Å²) in [6.07, 6.45) is 3.95. The maximum atomic E-state index is 12.8. The first-order valence-electron chi connectivity index (χ1n) is 11.9. The molecule has 182 valence electrons. The molecule has 0 radical (unpaired) electrons. The number of benzene rings is 2. The van der Waals surface area contributed by atoms with Gasteiger partial charge in [-0.15, -0.1) is 0 Å². The Hall–Kier alpha value is -2.71. The molecular formula is C26H32N2O5S. The third kappa shape index (κ3) is 5.33. The Labute approximate surface area is 201 Å². The van der Waals surface area contributed by atoms with Gasteiger partial charge in [-0.3, -0.25) is 9.59 Å². The van der Waals surface area contributed by atoms with Gasteiger partial charge in [0.2, 0.25) is 10.0 Å². The van der Waals surface area contributed by atoms with E-state index in [4.69, 9.17) is 4.74 Å². The quantitative estimate of drug-likeness (QED) is 0.581. The minimum absolute atomic E-state index is 0.0311. The zero-order valence-electron chi connectivity index (χ0n) is 19.5. The number of sulfonamides is 1. The van der Waals surface area contributed by atoms with E-state index >= 15 is 0 Å². The molecule has 0 spiro atoms. The van der Waals surface area contributed by atoms with Crippen LogP contribution in [0.1, 0.15) is 43.2 Å². The number of amides is 1. The standard InChI is InChI=1S/C26H32N2O5S/c1-20-8-10-23(11-9-20)34(31,32)28-16-12-21(13-17-28)25(30)33-18-24(29)27-19-26(14-5-15-26)22-6-3-2-4-7-22/h2-4,6-11,21H,5,12-19H2,1H3,(H,27,29). The van der Waals surface area contributed by atoms with Crippen LogP contribution >= 0.6 is 0 Å². The number of nitrogens with one attached hydrogen (secondary N) is 1. The summed E-state index contributed by atoms with van der Waals surface area (Å²) in [7, 11) is -3.58. The molecule has 1 saturated heterocycles. The van der Waals surface area contributed by atoms with E-state index in [0.29, 0.717) is 19.4 Å². The van der Waals surface area contributed by atoms with Gasteiger partial charge in [-0.25, -0.2) is 8.42 Å². The monoisotopic (exact) mass is 484 g/mol. The summed E-state index contributed by atoms with van der Waals surface area (Å²) in [5.41, 5.74) is 2.19. The fraction of sp³-hybridized carbons (Fsp3) is 0.462. The zero-order chi connectivity index (χ0) is 24.2. The molecule has 2 aromatic carbocycles. The molecule has 1 aliphatic carbocycles. The lowest BCUT2D eigenvalue weighted by Gasteiger charge is -2.42. The summed E-state index contributed by atoms with van der Waals surface area (Å²) in [4.78, 5) is 25.1. The molecule has 2 aliphatic rings. The lowest BCUT2D eigenvalue weighted by atomic mass is 9.64. The number of nitrogens with zero attached hydrogens (tertiary/aromatic N) is 1. The largest absolute Gasteiger partial charge is 0.455 e. The van der Waals surface area contributed by atoms with Crippen molar-refractivity contribution < 1.29 is 22.7 Å². The fourth-order valence-electron chi connectivity index (χ4n) is 4.73. The van der Waals surface area contributed by atoms with Crippen molar-refractivity contribution in [1.82, 2.24) is 9.62 Å². The average Bonchev–Trinajstić information content (AvgIpc) is 2.83. The second-order valence-corrected chi connectivity index (χ2v) is 11.3. The van der Waals surface area contributed by atoms with Gasteiger partial charge in [-0.2, -0.15) is 4.31 Å². The lowest BCUT2D eigenvalue weighted by Crippen LogP contribution is -2.46. The van der Waals surface area contributed by atoms with E-state index in [1.54, 1.807) is 24.3 Å². The summed E-state index contributed by atoms with van der Waals surface area (Å²) in [6, 6.07) is 16.9. The van der Waals surface area contributed by atoms with Crippen LogP contribution in [-0.2, 0) is 29.8 Å². The highest BCUT2D eigenvalue weighted by Gasteiger charge is 2.39. The minimum atomic E-state index is -3.58. The van der Waals surface area contributed by atoms with Gasteiger partial charge < -0.3 is 10.1 Å². The third-order valence-corrected chi connectivity index (χ3v) is 9.03. The van der Waals surface area contributed by atoms with Crippen LogP contribution in [-0.4, -0.2) is 50.8 Å². The van der Waals surface area contributed by atoms with Gasteiger partial charge in [0.15, 0.2) is 6.61 Å². The Kier molecular flexibility index (Phi) is 7.38. The lowest BCUT2D eigenvalue weighted by molar-refractivity contribution is -0.153. The number of aryl methyl sites for hydroxylation is 1. The summed E-state index contributed by atoms with van der Waals surface area (Å²) < 4.78 is 32.3. The van der Waals surface area contributed by atoms with E-state index in [9.17, 15) is 18.0 Å². The highest BCUT2D eigenvalue weighted by molar-refractivity contribution is 7.89. The van der Waals surface area contributed by atoms with Crippen molar-refractivity contribution >= 4 is 21.9 Å².